The van der Waals surface area contributed by atoms with Gasteiger partial charge in [-0.15, -0.1) is 0 Å². The molecule has 2 heterocycles. The Balaban J connectivity index is 2.12. The van der Waals surface area contributed by atoms with Crippen LogP contribution in [-0.2, 0) is 0 Å². The Bertz CT molecular complexity index is 881. The number of aromatic nitrogens is 2. The zero-order valence-electron chi connectivity index (χ0n) is 16.2. The highest BCUT2D eigenvalue weighted by Gasteiger charge is 2.16. The second-order valence-corrected chi connectivity index (χ2v) is 7.02. The van der Waals surface area contributed by atoms with E-state index < -0.39 is 0 Å². The number of nitrogens with zero attached hydrogens (tertiary/aromatic N) is 2. The zero-order chi connectivity index (χ0) is 18.1. The van der Waals surface area contributed by atoms with Crippen LogP contribution in [0, 0.1) is 27.7 Å². The number of rotatable bonds is 5. The fourth-order valence-electron chi connectivity index (χ4n) is 3.75. The van der Waals surface area contributed by atoms with Crippen LogP contribution in [0.25, 0.3) is 10.9 Å². The van der Waals surface area contributed by atoms with Crippen LogP contribution in [0.3, 0.4) is 0 Å². The van der Waals surface area contributed by atoms with Crippen molar-refractivity contribution in [3.63, 3.8) is 0 Å². The lowest BCUT2D eigenvalue weighted by atomic mass is 10.1. The number of ether oxygens (including phenoxy) is 1. The molecule has 0 aliphatic rings. The molecular weight excluding hydrogens is 308 g/mol. The van der Waals surface area contributed by atoms with Crippen molar-refractivity contribution in [2.45, 2.75) is 60.4 Å². The van der Waals surface area contributed by atoms with E-state index in [1.807, 2.05) is 6.92 Å². The van der Waals surface area contributed by atoms with Gasteiger partial charge < -0.3 is 9.30 Å². The van der Waals surface area contributed by atoms with Gasteiger partial charge in [0, 0.05) is 17.9 Å². The van der Waals surface area contributed by atoms with Crippen molar-refractivity contribution >= 4 is 10.9 Å². The van der Waals surface area contributed by atoms with Crippen molar-refractivity contribution < 1.29 is 4.74 Å². The van der Waals surface area contributed by atoms with Gasteiger partial charge in [-0.1, -0.05) is 31.5 Å². The van der Waals surface area contributed by atoms with E-state index in [9.17, 15) is 0 Å². The summed E-state index contributed by atoms with van der Waals surface area (Å²) in [6.45, 7) is 12.8. The van der Waals surface area contributed by atoms with Crippen LogP contribution in [0.15, 0.2) is 30.5 Å². The SMILES string of the molecule is CCC(CC)n1ccc2c(Oc3c(C)cc(C)cc3C)nc(C)cc21. The lowest BCUT2D eigenvalue weighted by Crippen LogP contribution is -2.05. The first-order valence-electron chi connectivity index (χ1n) is 9.18. The summed E-state index contributed by atoms with van der Waals surface area (Å²) >= 11 is 0. The molecular formula is C22H28N2O. The molecule has 0 radical (unpaired) electrons. The Morgan fingerprint density at radius 3 is 2.24 bits per heavy atom. The molecule has 3 heteroatoms. The second-order valence-electron chi connectivity index (χ2n) is 7.02. The average molecular weight is 336 g/mol. The molecule has 0 spiro atoms. The minimum atomic E-state index is 0.509. The predicted molar refractivity (Wildman–Crippen MR) is 105 cm³/mol. The van der Waals surface area contributed by atoms with Crippen LogP contribution < -0.4 is 4.74 Å². The lowest BCUT2D eigenvalue weighted by molar-refractivity contribution is 0.460. The normalized spacial score (nSPS) is 11.5. The van der Waals surface area contributed by atoms with Crippen molar-refractivity contribution in [1.29, 1.82) is 0 Å². The van der Waals surface area contributed by atoms with Crippen LogP contribution in [0.2, 0.25) is 0 Å². The summed E-state index contributed by atoms with van der Waals surface area (Å²) in [7, 11) is 0. The van der Waals surface area contributed by atoms with E-state index in [-0.39, 0.29) is 0 Å². The Morgan fingerprint density at radius 1 is 1.00 bits per heavy atom. The summed E-state index contributed by atoms with van der Waals surface area (Å²) in [5.41, 5.74) is 5.74. The van der Waals surface area contributed by atoms with Gasteiger partial charge in [0.25, 0.3) is 0 Å². The summed E-state index contributed by atoms with van der Waals surface area (Å²) in [6, 6.07) is 9.12. The molecule has 25 heavy (non-hydrogen) atoms. The predicted octanol–water partition coefficient (Wildman–Crippen LogP) is 6.42. The van der Waals surface area contributed by atoms with Crippen molar-refractivity contribution in [3.05, 3.63) is 52.8 Å². The number of hydrogen-bond acceptors (Lipinski definition) is 2. The molecule has 0 unspecified atom stereocenters. The summed E-state index contributed by atoms with van der Waals surface area (Å²) in [5.74, 6) is 1.62. The molecule has 0 amide bonds. The third-order valence-electron chi connectivity index (χ3n) is 4.95. The summed E-state index contributed by atoms with van der Waals surface area (Å²) in [6.07, 6.45) is 4.41. The Kier molecular flexibility index (Phi) is 4.85. The first-order valence-corrected chi connectivity index (χ1v) is 9.18. The Morgan fingerprint density at radius 2 is 1.64 bits per heavy atom. The van der Waals surface area contributed by atoms with Gasteiger partial charge in [-0.2, -0.15) is 0 Å². The smallest absolute Gasteiger partial charge is 0.228 e. The van der Waals surface area contributed by atoms with E-state index in [1.54, 1.807) is 0 Å². The molecule has 3 nitrogen and oxygen atoms in total. The molecule has 1 aromatic carbocycles. The summed E-state index contributed by atoms with van der Waals surface area (Å²) in [4.78, 5) is 4.69. The Hall–Kier alpha value is -2.29. The molecule has 3 rings (SSSR count). The minimum absolute atomic E-state index is 0.509. The van der Waals surface area contributed by atoms with E-state index in [1.165, 1.54) is 11.1 Å². The van der Waals surface area contributed by atoms with E-state index >= 15 is 0 Å². The molecule has 2 aromatic heterocycles. The highest BCUT2D eigenvalue weighted by atomic mass is 16.5. The third-order valence-corrected chi connectivity index (χ3v) is 4.95. The van der Waals surface area contributed by atoms with Gasteiger partial charge in [0.1, 0.15) is 5.75 Å². The topological polar surface area (TPSA) is 27.1 Å². The highest BCUT2D eigenvalue weighted by Crippen LogP contribution is 2.35. The summed E-state index contributed by atoms with van der Waals surface area (Å²) in [5, 5.41) is 1.08. The number of benzene rings is 1. The van der Waals surface area contributed by atoms with Crippen molar-refractivity contribution in [3.8, 4) is 11.6 Å². The highest BCUT2D eigenvalue weighted by molar-refractivity contribution is 5.85. The second kappa shape index (κ2) is 6.91. The van der Waals surface area contributed by atoms with Crippen molar-refractivity contribution in [2.75, 3.05) is 0 Å². The molecule has 0 saturated heterocycles. The maximum absolute atomic E-state index is 6.32. The largest absolute Gasteiger partial charge is 0.438 e. The molecule has 0 aliphatic heterocycles. The van der Waals surface area contributed by atoms with Crippen molar-refractivity contribution in [2.24, 2.45) is 0 Å². The van der Waals surface area contributed by atoms with Crippen LogP contribution in [0.5, 0.6) is 11.6 Å². The van der Waals surface area contributed by atoms with E-state index in [0.717, 1.165) is 40.8 Å². The zero-order valence-corrected chi connectivity index (χ0v) is 16.2. The standard InChI is InChI=1S/C22H28N2O/c1-7-18(8-2)24-10-9-19-20(24)13-17(6)23-22(19)25-21-15(4)11-14(3)12-16(21)5/h9-13,18H,7-8H2,1-6H3. The number of fused-ring (bicyclic) bond motifs is 1. The van der Waals surface area contributed by atoms with Crippen LogP contribution in [-0.4, -0.2) is 9.55 Å². The molecule has 0 bridgehead atoms. The fourth-order valence-corrected chi connectivity index (χ4v) is 3.75. The Labute approximate surface area is 150 Å². The molecule has 0 saturated carbocycles. The van der Waals surface area contributed by atoms with Gasteiger partial charge in [0.15, 0.2) is 0 Å². The molecule has 0 fully saturated rings. The van der Waals surface area contributed by atoms with Gasteiger partial charge in [-0.25, -0.2) is 4.98 Å². The molecule has 0 aliphatic carbocycles. The van der Waals surface area contributed by atoms with E-state index in [2.05, 4.69) is 69.6 Å². The maximum atomic E-state index is 6.32. The fraction of sp³-hybridized carbons (Fsp3) is 0.409. The van der Waals surface area contributed by atoms with E-state index in [4.69, 9.17) is 9.72 Å². The van der Waals surface area contributed by atoms with E-state index in [0.29, 0.717) is 11.9 Å². The van der Waals surface area contributed by atoms with Crippen LogP contribution in [0.1, 0.15) is 55.1 Å². The molecule has 0 N–H and O–H groups in total. The van der Waals surface area contributed by atoms with Gasteiger partial charge in [-0.3, -0.25) is 0 Å². The molecule has 3 aromatic rings. The molecule has 0 atom stereocenters. The van der Waals surface area contributed by atoms with Crippen LogP contribution in [0.4, 0.5) is 0 Å². The monoisotopic (exact) mass is 336 g/mol. The van der Waals surface area contributed by atoms with Gasteiger partial charge >= 0.3 is 0 Å². The third kappa shape index (κ3) is 3.28. The quantitative estimate of drug-likeness (QED) is 0.537. The lowest BCUT2D eigenvalue weighted by Gasteiger charge is -2.17. The number of aryl methyl sites for hydroxylation is 4. The van der Waals surface area contributed by atoms with Crippen LogP contribution >= 0.6 is 0 Å². The van der Waals surface area contributed by atoms with Gasteiger partial charge in [0.05, 0.1) is 10.9 Å². The average Bonchev–Trinajstić information content (AvgIpc) is 2.96. The summed E-state index contributed by atoms with van der Waals surface area (Å²) < 4.78 is 8.69. The van der Waals surface area contributed by atoms with Gasteiger partial charge in [0.2, 0.25) is 5.88 Å². The maximum Gasteiger partial charge on any atom is 0.228 e. The first kappa shape index (κ1) is 17.5. The first-order chi connectivity index (χ1) is 11.9. The van der Waals surface area contributed by atoms with Crippen molar-refractivity contribution in [1.82, 2.24) is 9.55 Å². The van der Waals surface area contributed by atoms with Gasteiger partial charge in [-0.05, 0) is 63.8 Å². The number of pyridine rings is 1. The number of hydrogen-bond donors (Lipinski definition) is 0. The minimum Gasteiger partial charge on any atom is -0.438 e. The molecule has 132 valence electrons.